The van der Waals surface area contributed by atoms with E-state index in [1.54, 1.807) is 24.3 Å². The molecule has 0 aromatic heterocycles. The van der Waals surface area contributed by atoms with Crippen LogP contribution in [0.4, 0.5) is 0 Å². The van der Waals surface area contributed by atoms with Crippen molar-refractivity contribution in [2.45, 2.75) is 77.6 Å². The van der Waals surface area contributed by atoms with Gasteiger partial charge in [0.2, 0.25) is 0 Å². The Labute approximate surface area is 299 Å². The number of Topliss-reactive ketones (excluding diaryl/α,β-unsaturated/α-hetero) is 1. The number of unbranched alkanes of at least 4 members (excludes halogenated alkanes) is 1. The molecule has 0 heterocycles. The fraction of sp³-hybridized carbons (Fsp3) is 0.462. The average Bonchev–Trinajstić information content (AvgIpc) is 3.75. The van der Waals surface area contributed by atoms with Gasteiger partial charge in [-0.15, -0.1) is 0 Å². The summed E-state index contributed by atoms with van der Waals surface area (Å²) >= 11 is 13.1. The fourth-order valence-electron chi connectivity index (χ4n) is 6.48. The van der Waals surface area contributed by atoms with Gasteiger partial charge in [-0.05, 0) is 97.9 Å². The zero-order chi connectivity index (χ0) is 35.4. The molecule has 1 saturated carbocycles. The van der Waals surface area contributed by atoms with Crippen LogP contribution >= 0.6 is 23.2 Å². The number of ether oxygens (including phenoxy) is 4. The largest absolute Gasteiger partial charge is 0.508 e. The predicted octanol–water partition coefficient (Wildman–Crippen LogP) is 8.77. The minimum Gasteiger partial charge on any atom is -0.508 e. The van der Waals surface area contributed by atoms with Gasteiger partial charge in [-0.1, -0.05) is 67.2 Å². The number of carbonyl (C=O) groups is 3. The second-order valence-corrected chi connectivity index (χ2v) is 13.6. The van der Waals surface area contributed by atoms with Gasteiger partial charge < -0.3 is 24.1 Å². The smallest absolute Gasteiger partial charge is 0.305 e. The first-order chi connectivity index (χ1) is 23.5. The maximum absolute atomic E-state index is 13.3. The molecule has 0 radical (unpaired) electrons. The summed E-state index contributed by atoms with van der Waals surface area (Å²) in [6, 6.07) is 16.5. The average molecular weight is 714 g/mol. The quantitative estimate of drug-likeness (QED) is 0.131. The number of benzene rings is 3. The highest BCUT2D eigenvalue weighted by atomic mass is 35.5. The van der Waals surface area contributed by atoms with Crippen LogP contribution in [0.5, 0.6) is 17.2 Å². The Morgan fingerprint density at radius 1 is 0.816 bits per heavy atom. The number of hydrogen-bond donors (Lipinski definition) is 1. The van der Waals surface area contributed by atoms with Crippen molar-refractivity contribution in [3.05, 3.63) is 86.9 Å². The normalized spacial score (nSPS) is 16.8. The van der Waals surface area contributed by atoms with Gasteiger partial charge >= 0.3 is 11.9 Å². The third-order valence-corrected chi connectivity index (χ3v) is 10.3. The van der Waals surface area contributed by atoms with E-state index in [9.17, 15) is 14.4 Å². The molecule has 0 aliphatic heterocycles. The van der Waals surface area contributed by atoms with Crippen molar-refractivity contribution in [3.8, 4) is 17.2 Å². The Hall–Kier alpha value is -3.75. The lowest BCUT2D eigenvalue weighted by Crippen LogP contribution is -2.32. The van der Waals surface area contributed by atoms with Crippen molar-refractivity contribution in [1.82, 2.24) is 0 Å². The Balaban J connectivity index is 0.000000350. The Morgan fingerprint density at radius 2 is 1.35 bits per heavy atom. The lowest BCUT2D eigenvalue weighted by Gasteiger charge is -2.29. The molecule has 0 saturated heterocycles. The van der Waals surface area contributed by atoms with Crippen molar-refractivity contribution >= 4 is 40.9 Å². The molecule has 0 bridgehead atoms. The van der Waals surface area contributed by atoms with E-state index in [-0.39, 0.29) is 28.9 Å². The first-order valence-corrected chi connectivity index (χ1v) is 17.6. The number of hydrogen-bond acceptors (Lipinski definition) is 8. The van der Waals surface area contributed by atoms with Crippen LogP contribution in [0.1, 0.15) is 85.3 Å². The first kappa shape index (κ1) is 38.1. The van der Waals surface area contributed by atoms with Crippen LogP contribution in [0.2, 0.25) is 10.0 Å². The van der Waals surface area contributed by atoms with Crippen molar-refractivity contribution in [3.63, 3.8) is 0 Å². The molecular formula is C39H46Cl2O8. The van der Waals surface area contributed by atoms with Gasteiger partial charge in [-0.25, -0.2) is 0 Å². The van der Waals surface area contributed by atoms with Crippen molar-refractivity contribution in [2.24, 2.45) is 11.3 Å². The summed E-state index contributed by atoms with van der Waals surface area (Å²) in [6.07, 6.45) is 8.94. The second-order valence-electron chi connectivity index (χ2n) is 12.8. The van der Waals surface area contributed by atoms with Crippen molar-refractivity contribution < 1.29 is 38.4 Å². The maximum atomic E-state index is 13.3. The molecule has 2 aliphatic carbocycles. The van der Waals surface area contributed by atoms with Crippen LogP contribution in [0.15, 0.2) is 54.6 Å². The van der Waals surface area contributed by atoms with Crippen LogP contribution in [0.25, 0.3) is 0 Å². The summed E-state index contributed by atoms with van der Waals surface area (Å²) < 4.78 is 21.0. The molecule has 5 rings (SSSR count). The van der Waals surface area contributed by atoms with Crippen LogP contribution in [-0.2, 0) is 38.3 Å². The topological polar surface area (TPSA) is 108 Å². The summed E-state index contributed by atoms with van der Waals surface area (Å²) in [7, 11) is 2.77. The molecule has 8 nitrogen and oxygen atoms in total. The standard InChI is InChI=1S/C29H34Cl2O5.C10H12O3/c1-29(21-7-3-4-8-21)18-20-17-23(26(30)27(31)25(20)28(29)33)36-16-6-5-15-35-22-12-9-19(10-13-22)11-14-24(32)34-2;1-13-10(12)7-4-8-2-5-9(11)6-3-8/h9-10,12-13,17,21H,3-8,11,14-16,18H2,1-2H3;2-3,5-6,11H,4,7H2,1H3. The van der Waals surface area contributed by atoms with E-state index in [1.807, 2.05) is 30.3 Å². The van der Waals surface area contributed by atoms with Gasteiger partial charge in [0.1, 0.15) is 22.3 Å². The van der Waals surface area contributed by atoms with E-state index in [4.69, 9.17) is 37.8 Å². The molecule has 1 fully saturated rings. The molecule has 0 spiro atoms. The molecule has 10 heteroatoms. The SMILES string of the molecule is COC(=O)CCc1ccc(O)cc1.COC(=O)CCc1ccc(OCCCCOc2cc3c(c(Cl)c2Cl)C(=O)C(C)(C2CCCC2)C3)cc1. The lowest BCUT2D eigenvalue weighted by molar-refractivity contribution is -0.141. The number of fused-ring (bicyclic) bond motifs is 1. The van der Waals surface area contributed by atoms with Crippen LogP contribution in [-0.4, -0.2) is 50.3 Å². The zero-order valence-corrected chi connectivity index (χ0v) is 30.0. The van der Waals surface area contributed by atoms with E-state index in [2.05, 4.69) is 16.4 Å². The lowest BCUT2D eigenvalue weighted by atomic mass is 9.73. The zero-order valence-electron chi connectivity index (χ0n) is 28.5. The van der Waals surface area contributed by atoms with Crippen molar-refractivity contribution in [1.29, 1.82) is 0 Å². The number of aryl methyl sites for hydroxylation is 2. The molecule has 2 aliphatic rings. The summed E-state index contributed by atoms with van der Waals surface area (Å²) in [5.74, 6) is 1.70. The Kier molecular flexibility index (Phi) is 14.2. The fourth-order valence-corrected chi connectivity index (χ4v) is 6.99. The molecule has 0 amide bonds. The molecule has 3 aromatic rings. The van der Waals surface area contributed by atoms with E-state index >= 15 is 0 Å². The number of phenolic OH excluding ortho intramolecular Hbond substituents is 1. The third kappa shape index (κ3) is 10.4. The summed E-state index contributed by atoms with van der Waals surface area (Å²) in [6.45, 7) is 3.14. The van der Waals surface area contributed by atoms with Gasteiger partial charge in [0, 0.05) is 23.8 Å². The number of aromatic hydroxyl groups is 1. The Morgan fingerprint density at radius 3 is 1.90 bits per heavy atom. The van der Waals surface area contributed by atoms with E-state index in [0.29, 0.717) is 72.6 Å². The molecule has 264 valence electrons. The highest BCUT2D eigenvalue weighted by molar-refractivity contribution is 6.45. The highest BCUT2D eigenvalue weighted by Crippen LogP contribution is 2.52. The maximum Gasteiger partial charge on any atom is 0.305 e. The number of rotatable bonds is 14. The molecule has 1 atom stereocenters. The second kappa shape index (κ2) is 18.3. The van der Waals surface area contributed by atoms with Gasteiger partial charge in [0.15, 0.2) is 5.78 Å². The Bertz CT molecular complexity index is 1570. The number of methoxy groups -OCH3 is 2. The van der Waals surface area contributed by atoms with E-state index in [0.717, 1.165) is 48.1 Å². The van der Waals surface area contributed by atoms with Crippen LogP contribution in [0.3, 0.4) is 0 Å². The van der Waals surface area contributed by atoms with Gasteiger partial charge in [0.05, 0.1) is 32.5 Å². The number of ketones is 1. The number of carbonyl (C=O) groups excluding carboxylic acids is 3. The summed E-state index contributed by atoms with van der Waals surface area (Å²) in [5.41, 5.74) is 3.24. The van der Waals surface area contributed by atoms with Crippen molar-refractivity contribution in [2.75, 3.05) is 27.4 Å². The number of halogens is 2. The van der Waals surface area contributed by atoms with Gasteiger partial charge in [0.25, 0.3) is 0 Å². The predicted molar refractivity (Wildman–Crippen MR) is 190 cm³/mol. The molecule has 1 N–H and O–H groups in total. The first-order valence-electron chi connectivity index (χ1n) is 16.9. The van der Waals surface area contributed by atoms with Crippen LogP contribution < -0.4 is 9.47 Å². The summed E-state index contributed by atoms with van der Waals surface area (Å²) in [4.78, 5) is 35.4. The van der Waals surface area contributed by atoms with Gasteiger partial charge in [-0.2, -0.15) is 0 Å². The van der Waals surface area contributed by atoms with E-state index in [1.165, 1.54) is 27.1 Å². The van der Waals surface area contributed by atoms with Crippen LogP contribution in [0, 0.1) is 11.3 Å². The minimum atomic E-state index is -0.388. The summed E-state index contributed by atoms with van der Waals surface area (Å²) in [5, 5.41) is 9.64. The monoisotopic (exact) mass is 712 g/mol. The number of esters is 2. The molecular weight excluding hydrogens is 667 g/mol. The minimum absolute atomic E-state index is 0.136. The number of phenols is 1. The molecule has 3 aromatic carbocycles. The molecule has 1 unspecified atom stereocenters. The van der Waals surface area contributed by atoms with E-state index < -0.39 is 0 Å². The molecule has 49 heavy (non-hydrogen) atoms. The third-order valence-electron chi connectivity index (χ3n) is 9.43. The highest BCUT2D eigenvalue weighted by Gasteiger charge is 2.49. The van der Waals surface area contributed by atoms with Gasteiger partial charge in [-0.3, -0.25) is 14.4 Å².